The van der Waals surface area contributed by atoms with Crippen LogP contribution in [0.3, 0.4) is 0 Å². The maximum Gasteiger partial charge on any atom is 0.126 e. The van der Waals surface area contributed by atoms with Gasteiger partial charge >= 0.3 is 0 Å². The lowest BCUT2D eigenvalue weighted by molar-refractivity contribution is 0.296. The van der Waals surface area contributed by atoms with Crippen LogP contribution in [0, 0.1) is 24.1 Å². The third-order valence-electron chi connectivity index (χ3n) is 3.27. The number of unbranched alkanes of at least 4 members (excludes halogenated alkanes) is 1. The molecule has 0 saturated carbocycles. The van der Waals surface area contributed by atoms with Crippen molar-refractivity contribution < 1.29 is 9.13 Å². The Morgan fingerprint density at radius 1 is 1.42 bits per heavy atom. The van der Waals surface area contributed by atoms with Gasteiger partial charge in [-0.3, -0.25) is 0 Å². The van der Waals surface area contributed by atoms with E-state index >= 15 is 0 Å². The van der Waals surface area contributed by atoms with E-state index in [9.17, 15) is 4.39 Å². The third-order valence-corrected chi connectivity index (χ3v) is 3.27. The van der Waals surface area contributed by atoms with Crippen LogP contribution in [0.4, 0.5) is 4.39 Å². The quantitative estimate of drug-likeness (QED) is 0.769. The molecular formula is C15H21FN2O. The lowest BCUT2D eigenvalue weighted by Crippen LogP contribution is -2.37. The number of ether oxygens (including phenoxy) is 1. The first-order valence-corrected chi connectivity index (χ1v) is 6.50. The molecule has 1 aromatic rings. The van der Waals surface area contributed by atoms with Crippen molar-refractivity contribution in [1.29, 1.82) is 5.26 Å². The van der Waals surface area contributed by atoms with Crippen molar-refractivity contribution in [2.24, 2.45) is 0 Å². The molecule has 0 radical (unpaired) electrons. The van der Waals surface area contributed by atoms with E-state index in [1.807, 2.05) is 6.92 Å². The van der Waals surface area contributed by atoms with Gasteiger partial charge in [0.05, 0.1) is 12.7 Å². The van der Waals surface area contributed by atoms with Gasteiger partial charge in [-0.05, 0) is 63.9 Å². The summed E-state index contributed by atoms with van der Waals surface area (Å²) in [6, 6.07) is 7.00. The predicted octanol–water partition coefficient (Wildman–Crippen LogP) is 3.18. The SMILES string of the molecule is CNC(C)(C#N)CCCCOc1ccc(F)c(C)c1. The van der Waals surface area contributed by atoms with Gasteiger partial charge in [-0.25, -0.2) is 4.39 Å². The maximum absolute atomic E-state index is 13.1. The minimum Gasteiger partial charge on any atom is -0.494 e. The molecule has 0 fully saturated rings. The summed E-state index contributed by atoms with van der Waals surface area (Å²) in [5.74, 6) is 0.474. The molecule has 1 aromatic carbocycles. The highest BCUT2D eigenvalue weighted by molar-refractivity contribution is 5.28. The second kappa shape index (κ2) is 7.10. The van der Waals surface area contributed by atoms with Crippen LogP contribution < -0.4 is 10.1 Å². The van der Waals surface area contributed by atoms with E-state index in [4.69, 9.17) is 10.00 Å². The zero-order valence-electron chi connectivity index (χ0n) is 11.8. The minimum absolute atomic E-state index is 0.217. The van der Waals surface area contributed by atoms with Crippen molar-refractivity contribution in [1.82, 2.24) is 5.32 Å². The molecule has 0 aliphatic rings. The fraction of sp³-hybridized carbons (Fsp3) is 0.533. The van der Waals surface area contributed by atoms with Crippen molar-refractivity contribution >= 4 is 0 Å². The average Bonchev–Trinajstić information content (AvgIpc) is 2.42. The molecule has 1 unspecified atom stereocenters. The van der Waals surface area contributed by atoms with Crippen molar-refractivity contribution in [3.8, 4) is 11.8 Å². The highest BCUT2D eigenvalue weighted by atomic mass is 19.1. The van der Waals surface area contributed by atoms with Gasteiger partial charge in [0.2, 0.25) is 0 Å². The topological polar surface area (TPSA) is 45.0 Å². The van der Waals surface area contributed by atoms with E-state index in [1.165, 1.54) is 6.07 Å². The molecule has 0 saturated heterocycles. The summed E-state index contributed by atoms with van der Waals surface area (Å²) in [6.45, 7) is 4.18. The summed E-state index contributed by atoms with van der Waals surface area (Å²) in [4.78, 5) is 0. The number of hydrogen-bond donors (Lipinski definition) is 1. The largest absolute Gasteiger partial charge is 0.494 e. The number of nitrogens with zero attached hydrogens (tertiary/aromatic N) is 1. The minimum atomic E-state index is -0.466. The number of nitriles is 1. The van der Waals surface area contributed by atoms with Crippen molar-refractivity contribution in [3.63, 3.8) is 0 Å². The van der Waals surface area contributed by atoms with E-state index < -0.39 is 5.54 Å². The Morgan fingerprint density at radius 3 is 2.74 bits per heavy atom. The maximum atomic E-state index is 13.1. The Morgan fingerprint density at radius 2 is 2.16 bits per heavy atom. The van der Waals surface area contributed by atoms with Gasteiger partial charge in [-0.15, -0.1) is 0 Å². The first kappa shape index (κ1) is 15.5. The van der Waals surface area contributed by atoms with Gasteiger partial charge in [-0.1, -0.05) is 0 Å². The van der Waals surface area contributed by atoms with Crippen LogP contribution in [0.5, 0.6) is 5.75 Å². The lowest BCUT2D eigenvalue weighted by atomic mass is 9.97. The molecule has 0 aliphatic heterocycles. The molecule has 0 spiro atoms. The molecule has 0 heterocycles. The van der Waals surface area contributed by atoms with Crippen molar-refractivity contribution in [3.05, 3.63) is 29.6 Å². The summed E-state index contributed by atoms with van der Waals surface area (Å²) in [5, 5.41) is 12.0. The number of rotatable bonds is 7. The molecule has 1 rings (SSSR count). The molecule has 1 atom stereocenters. The van der Waals surface area contributed by atoms with E-state index in [-0.39, 0.29) is 5.82 Å². The van der Waals surface area contributed by atoms with Crippen LogP contribution in [0.25, 0.3) is 0 Å². The Bertz CT molecular complexity index is 456. The molecule has 104 valence electrons. The number of nitrogens with one attached hydrogen (secondary N) is 1. The lowest BCUT2D eigenvalue weighted by Gasteiger charge is -2.20. The molecule has 0 amide bonds. The van der Waals surface area contributed by atoms with Gasteiger partial charge in [0.15, 0.2) is 0 Å². The number of benzene rings is 1. The Labute approximate surface area is 114 Å². The fourth-order valence-corrected chi connectivity index (χ4v) is 1.71. The smallest absolute Gasteiger partial charge is 0.126 e. The Hall–Kier alpha value is -1.60. The Kier molecular flexibility index (Phi) is 5.78. The summed E-state index contributed by atoms with van der Waals surface area (Å²) in [6.07, 6.45) is 2.56. The normalized spacial score (nSPS) is 13.6. The molecule has 19 heavy (non-hydrogen) atoms. The molecule has 3 nitrogen and oxygen atoms in total. The third kappa shape index (κ3) is 4.88. The van der Waals surface area contributed by atoms with Crippen LogP contribution >= 0.6 is 0 Å². The van der Waals surface area contributed by atoms with Gasteiger partial charge in [0, 0.05) is 0 Å². The average molecular weight is 264 g/mol. The zero-order chi connectivity index (χ0) is 14.3. The molecule has 4 heteroatoms. The standard InChI is InChI=1S/C15H21FN2O/c1-12-10-13(6-7-14(12)16)19-9-5-4-8-15(2,11-17)18-3/h6-7,10,18H,4-5,8-9H2,1-3H3. The first-order chi connectivity index (χ1) is 9.00. The van der Waals surface area contributed by atoms with Crippen LogP contribution in [-0.4, -0.2) is 19.2 Å². The number of halogens is 1. The van der Waals surface area contributed by atoms with Gasteiger partial charge < -0.3 is 10.1 Å². The predicted molar refractivity (Wildman–Crippen MR) is 73.6 cm³/mol. The second-order valence-electron chi connectivity index (χ2n) is 4.91. The Balaban J connectivity index is 2.28. The number of hydrogen-bond acceptors (Lipinski definition) is 3. The molecule has 0 aliphatic carbocycles. The zero-order valence-corrected chi connectivity index (χ0v) is 11.8. The van der Waals surface area contributed by atoms with Crippen LogP contribution in [0.2, 0.25) is 0 Å². The van der Waals surface area contributed by atoms with Crippen molar-refractivity contribution in [2.45, 2.75) is 38.6 Å². The second-order valence-corrected chi connectivity index (χ2v) is 4.91. The van der Waals surface area contributed by atoms with Gasteiger partial charge in [0.25, 0.3) is 0 Å². The monoisotopic (exact) mass is 264 g/mol. The van der Waals surface area contributed by atoms with E-state index in [1.54, 1.807) is 26.1 Å². The van der Waals surface area contributed by atoms with Crippen LogP contribution in [-0.2, 0) is 0 Å². The highest BCUT2D eigenvalue weighted by Gasteiger charge is 2.19. The van der Waals surface area contributed by atoms with Crippen LogP contribution in [0.1, 0.15) is 31.7 Å². The molecule has 0 aromatic heterocycles. The highest BCUT2D eigenvalue weighted by Crippen LogP contribution is 2.17. The van der Waals surface area contributed by atoms with E-state index in [0.29, 0.717) is 17.9 Å². The van der Waals surface area contributed by atoms with Gasteiger partial charge in [-0.2, -0.15) is 5.26 Å². The first-order valence-electron chi connectivity index (χ1n) is 6.50. The van der Waals surface area contributed by atoms with E-state index in [2.05, 4.69) is 11.4 Å². The molecular weight excluding hydrogens is 243 g/mol. The number of aryl methyl sites for hydroxylation is 1. The summed E-state index contributed by atoms with van der Waals surface area (Å²) in [7, 11) is 1.79. The molecule has 1 N–H and O–H groups in total. The summed E-state index contributed by atoms with van der Waals surface area (Å²) < 4.78 is 18.6. The summed E-state index contributed by atoms with van der Waals surface area (Å²) >= 11 is 0. The fourth-order valence-electron chi connectivity index (χ4n) is 1.71. The van der Waals surface area contributed by atoms with Gasteiger partial charge in [0.1, 0.15) is 17.1 Å². The van der Waals surface area contributed by atoms with Crippen molar-refractivity contribution in [2.75, 3.05) is 13.7 Å². The summed E-state index contributed by atoms with van der Waals surface area (Å²) in [5.41, 5.74) is 0.122. The van der Waals surface area contributed by atoms with Crippen LogP contribution in [0.15, 0.2) is 18.2 Å². The molecule has 0 bridgehead atoms. The van der Waals surface area contributed by atoms with E-state index in [0.717, 1.165) is 19.3 Å².